The fourth-order valence-corrected chi connectivity index (χ4v) is 4.31. The van der Waals surface area contributed by atoms with E-state index in [2.05, 4.69) is 19.2 Å². The maximum absolute atomic E-state index is 3.65. The molecule has 0 amide bonds. The molecule has 1 nitrogen and oxygen atoms in total. The smallest absolute Gasteiger partial charge is 0.00489 e. The van der Waals surface area contributed by atoms with E-state index in [0.29, 0.717) is 0 Å². The van der Waals surface area contributed by atoms with E-state index < -0.39 is 0 Å². The summed E-state index contributed by atoms with van der Waals surface area (Å²) < 4.78 is 0. The minimum Gasteiger partial charge on any atom is -0.317 e. The second-order valence-electron chi connectivity index (χ2n) is 9.53. The molecule has 0 aliphatic heterocycles. The van der Waals surface area contributed by atoms with Crippen molar-refractivity contribution in [3.8, 4) is 0 Å². The molecule has 0 aromatic heterocycles. The van der Waals surface area contributed by atoms with Crippen LogP contribution in [-0.4, -0.2) is 13.1 Å². The summed E-state index contributed by atoms with van der Waals surface area (Å²) in [6.45, 7) is 7.09. The van der Waals surface area contributed by atoms with Gasteiger partial charge in [0, 0.05) is 0 Å². The lowest BCUT2D eigenvalue weighted by atomic mass is 10.0. The summed E-state index contributed by atoms with van der Waals surface area (Å²) in [4.78, 5) is 0. The first-order valence-electron chi connectivity index (χ1n) is 14.1. The highest BCUT2D eigenvalue weighted by Gasteiger charge is 1.95. The topological polar surface area (TPSA) is 12.0 Å². The Hall–Kier alpha value is -0.0400. The molecule has 0 aromatic carbocycles. The molecule has 0 radical (unpaired) electrons. The number of hydrogen-bond donors (Lipinski definition) is 1. The van der Waals surface area contributed by atoms with Crippen LogP contribution in [-0.2, 0) is 0 Å². The third kappa shape index (κ3) is 28.0. The highest BCUT2D eigenvalue weighted by Crippen LogP contribution is 2.13. The second kappa shape index (κ2) is 28.0. The zero-order valence-corrected chi connectivity index (χ0v) is 20.9. The first kappa shape index (κ1) is 29.0. The average molecular weight is 410 g/mol. The number of hydrogen-bond acceptors (Lipinski definition) is 1. The average Bonchev–Trinajstić information content (AvgIpc) is 2.74. The van der Waals surface area contributed by atoms with Crippen molar-refractivity contribution in [1.29, 1.82) is 0 Å². The third-order valence-corrected chi connectivity index (χ3v) is 6.41. The van der Waals surface area contributed by atoms with E-state index in [4.69, 9.17) is 0 Å². The first-order valence-corrected chi connectivity index (χ1v) is 14.1. The second-order valence-corrected chi connectivity index (χ2v) is 9.53. The summed E-state index contributed by atoms with van der Waals surface area (Å²) >= 11 is 0. The van der Waals surface area contributed by atoms with Gasteiger partial charge in [0.05, 0.1) is 0 Å². The Morgan fingerprint density at radius 2 is 0.483 bits per heavy atom. The molecule has 176 valence electrons. The summed E-state index contributed by atoms with van der Waals surface area (Å²) in [6.07, 6.45) is 34.8. The van der Waals surface area contributed by atoms with Gasteiger partial charge in [0.2, 0.25) is 0 Å². The molecule has 0 unspecified atom stereocenters. The van der Waals surface area contributed by atoms with E-state index in [1.54, 1.807) is 0 Å². The van der Waals surface area contributed by atoms with Crippen LogP contribution in [0.1, 0.15) is 168 Å². The van der Waals surface area contributed by atoms with Crippen LogP contribution in [0, 0.1) is 0 Å². The Kier molecular flexibility index (Phi) is 27.9. The van der Waals surface area contributed by atoms with E-state index in [9.17, 15) is 0 Å². The molecule has 0 spiro atoms. The lowest BCUT2D eigenvalue weighted by molar-refractivity contribution is 0.520. The van der Waals surface area contributed by atoms with Crippen LogP contribution in [0.15, 0.2) is 0 Å². The first-order chi connectivity index (χ1) is 14.4. The molecule has 0 atom stereocenters. The largest absolute Gasteiger partial charge is 0.317 e. The SMILES string of the molecule is CCCCCCCCCCCCCCCCCCNCCCCCCCCCC. The van der Waals surface area contributed by atoms with Gasteiger partial charge >= 0.3 is 0 Å². The molecule has 0 saturated heterocycles. The maximum Gasteiger partial charge on any atom is -0.00489 e. The Morgan fingerprint density at radius 1 is 0.276 bits per heavy atom. The van der Waals surface area contributed by atoms with E-state index in [0.717, 1.165) is 0 Å². The monoisotopic (exact) mass is 409 g/mol. The minimum atomic E-state index is 1.24. The van der Waals surface area contributed by atoms with Crippen LogP contribution < -0.4 is 5.32 Å². The maximum atomic E-state index is 3.65. The van der Waals surface area contributed by atoms with Gasteiger partial charge in [-0.3, -0.25) is 0 Å². The van der Waals surface area contributed by atoms with E-state index in [1.165, 1.54) is 167 Å². The molecule has 1 N–H and O–H groups in total. The van der Waals surface area contributed by atoms with E-state index >= 15 is 0 Å². The number of unbranched alkanes of at least 4 members (excludes halogenated alkanes) is 22. The van der Waals surface area contributed by atoms with Gasteiger partial charge in [-0.15, -0.1) is 0 Å². The molecule has 0 rings (SSSR count). The highest BCUT2D eigenvalue weighted by molar-refractivity contribution is 4.53. The van der Waals surface area contributed by atoms with Gasteiger partial charge in [-0.05, 0) is 25.9 Å². The lowest BCUT2D eigenvalue weighted by Gasteiger charge is -2.05. The highest BCUT2D eigenvalue weighted by atomic mass is 14.8. The summed E-state index contributed by atoms with van der Waals surface area (Å²) in [5.41, 5.74) is 0. The molecular weight excluding hydrogens is 350 g/mol. The summed E-state index contributed by atoms with van der Waals surface area (Å²) in [5, 5.41) is 3.65. The molecule has 0 aliphatic rings. The van der Waals surface area contributed by atoms with Crippen LogP contribution in [0.5, 0.6) is 0 Å². The van der Waals surface area contributed by atoms with Gasteiger partial charge in [0.1, 0.15) is 0 Å². The molecule has 0 saturated carbocycles. The molecule has 0 heterocycles. The zero-order chi connectivity index (χ0) is 21.1. The predicted molar refractivity (Wildman–Crippen MR) is 135 cm³/mol. The van der Waals surface area contributed by atoms with Gasteiger partial charge in [0.25, 0.3) is 0 Å². The Labute approximate surface area is 186 Å². The van der Waals surface area contributed by atoms with Gasteiger partial charge in [-0.25, -0.2) is 0 Å². The van der Waals surface area contributed by atoms with Crippen molar-refractivity contribution in [2.24, 2.45) is 0 Å². The van der Waals surface area contributed by atoms with Crippen LogP contribution in [0.3, 0.4) is 0 Å². The minimum absolute atomic E-state index is 1.24. The van der Waals surface area contributed by atoms with E-state index in [1.807, 2.05) is 0 Å². The Morgan fingerprint density at radius 3 is 0.724 bits per heavy atom. The quantitative estimate of drug-likeness (QED) is 0.140. The van der Waals surface area contributed by atoms with Gasteiger partial charge in [-0.1, -0.05) is 155 Å². The van der Waals surface area contributed by atoms with Gasteiger partial charge in [0.15, 0.2) is 0 Å². The van der Waals surface area contributed by atoms with Gasteiger partial charge < -0.3 is 5.32 Å². The van der Waals surface area contributed by atoms with Crippen molar-refractivity contribution in [2.45, 2.75) is 168 Å². The van der Waals surface area contributed by atoms with Crippen LogP contribution in [0.4, 0.5) is 0 Å². The molecule has 0 aromatic rings. The molecular formula is C28H59N. The van der Waals surface area contributed by atoms with Crippen molar-refractivity contribution >= 4 is 0 Å². The number of nitrogens with one attached hydrogen (secondary N) is 1. The summed E-state index contributed by atoms with van der Waals surface area (Å²) in [5.74, 6) is 0. The molecule has 1 heteroatoms. The fraction of sp³-hybridized carbons (Fsp3) is 1.00. The van der Waals surface area contributed by atoms with Gasteiger partial charge in [-0.2, -0.15) is 0 Å². The third-order valence-electron chi connectivity index (χ3n) is 6.41. The van der Waals surface area contributed by atoms with Crippen LogP contribution >= 0.6 is 0 Å². The summed E-state index contributed by atoms with van der Waals surface area (Å²) in [7, 11) is 0. The normalized spacial score (nSPS) is 11.4. The van der Waals surface area contributed by atoms with Crippen molar-refractivity contribution in [2.75, 3.05) is 13.1 Å². The Bertz CT molecular complexity index is 237. The van der Waals surface area contributed by atoms with E-state index in [-0.39, 0.29) is 0 Å². The molecule has 0 bridgehead atoms. The standard InChI is InChI=1S/C28H59N/c1-3-5-7-9-11-13-14-15-16-17-18-19-20-22-24-26-28-29-27-25-23-21-12-10-8-6-4-2/h29H,3-28H2,1-2H3. The molecule has 0 fully saturated rings. The molecule has 0 aliphatic carbocycles. The molecule has 29 heavy (non-hydrogen) atoms. The van der Waals surface area contributed by atoms with Crippen LogP contribution in [0.2, 0.25) is 0 Å². The van der Waals surface area contributed by atoms with Crippen molar-refractivity contribution in [3.05, 3.63) is 0 Å². The Balaban J connectivity index is 2.97. The van der Waals surface area contributed by atoms with Crippen LogP contribution in [0.25, 0.3) is 0 Å². The number of rotatable bonds is 26. The van der Waals surface area contributed by atoms with Crippen molar-refractivity contribution < 1.29 is 0 Å². The predicted octanol–water partition coefficient (Wildman–Crippen LogP) is 9.98. The zero-order valence-electron chi connectivity index (χ0n) is 20.9. The van der Waals surface area contributed by atoms with Crippen molar-refractivity contribution in [3.63, 3.8) is 0 Å². The summed E-state index contributed by atoms with van der Waals surface area (Å²) in [6, 6.07) is 0. The fourth-order valence-electron chi connectivity index (χ4n) is 4.31. The van der Waals surface area contributed by atoms with Crippen molar-refractivity contribution in [1.82, 2.24) is 5.32 Å². The lowest BCUT2D eigenvalue weighted by Crippen LogP contribution is -2.16.